The lowest BCUT2D eigenvalue weighted by atomic mass is 9.60. The van der Waals surface area contributed by atoms with Crippen molar-refractivity contribution in [2.75, 3.05) is 48.6 Å². The van der Waals surface area contributed by atoms with Crippen molar-refractivity contribution in [3.05, 3.63) is 47.1 Å². The van der Waals surface area contributed by atoms with Crippen molar-refractivity contribution in [3.63, 3.8) is 0 Å². The number of allylic oxidation sites excluding steroid dienone is 2. The number of ether oxygens (including phenoxy) is 5. The highest BCUT2D eigenvalue weighted by Gasteiger charge is 2.49. The third-order valence-electron chi connectivity index (χ3n) is 7.09. The van der Waals surface area contributed by atoms with Crippen LogP contribution in [-0.2, 0) is 25.4 Å². The highest BCUT2D eigenvalue weighted by molar-refractivity contribution is 5.52. The van der Waals surface area contributed by atoms with Crippen LogP contribution in [0.1, 0.15) is 45.1 Å². The monoisotopic (exact) mass is 489 g/mol. The maximum Gasteiger partial charge on any atom is 0.199 e. The molecule has 1 aromatic carbocycles. The van der Waals surface area contributed by atoms with Gasteiger partial charge in [-0.25, -0.2) is 0 Å². The van der Waals surface area contributed by atoms with Gasteiger partial charge in [-0.2, -0.15) is 0 Å². The molecular formula is C28H43NO6. The van der Waals surface area contributed by atoms with Gasteiger partial charge in [0.05, 0.1) is 35.5 Å². The topological polar surface area (TPSA) is 75.3 Å². The molecule has 0 amide bonds. The molecule has 7 nitrogen and oxygen atoms in total. The second-order valence-corrected chi connectivity index (χ2v) is 9.15. The van der Waals surface area contributed by atoms with Crippen LogP contribution in [0.4, 0.5) is 0 Å². The highest BCUT2D eigenvalue weighted by atomic mass is 16.5. The molecule has 0 heterocycles. The number of nitrogens with one attached hydrogen (secondary N) is 1. The van der Waals surface area contributed by atoms with E-state index in [0.29, 0.717) is 17.9 Å². The van der Waals surface area contributed by atoms with Gasteiger partial charge >= 0.3 is 0 Å². The summed E-state index contributed by atoms with van der Waals surface area (Å²) in [6.07, 6.45) is 7.24. The van der Waals surface area contributed by atoms with E-state index in [0.717, 1.165) is 62.3 Å². The van der Waals surface area contributed by atoms with Crippen LogP contribution < -0.4 is 14.8 Å². The minimum Gasteiger partial charge on any atom is -0.496 e. The van der Waals surface area contributed by atoms with Crippen LogP contribution in [0.3, 0.4) is 0 Å². The van der Waals surface area contributed by atoms with Crippen molar-refractivity contribution >= 4 is 6.29 Å². The normalized spacial score (nSPS) is 19.9. The quantitative estimate of drug-likeness (QED) is 0.261. The van der Waals surface area contributed by atoms with Crippen LogP contribution in [0, 0.1) is 17.3 Å². The zero-order valence-corrected chi connectivity index (χ0v) is 22.4. The lowest BCUT2D eigenvalue weighted by molar-refractivity contribution is -0.109. The smallest absolute Gasteiger partial charge is 0.199 e. The average molecular weight is 490 g/mol. The van der Waals surface area contributed by atoms with Gasteiger partial charge in [0.25, 0.3) is 0 Å². The van der Waals surface area contributed by atoms with Gasteiger partial charge in [0, 0.05) is 17.8 Å². The van der Waals surface area contributed by atoms with Crippen LogP contribution in [0.25, 0.3) is 0 Å². The largest absolute Gasteiger partial charge is 0.496 e. The Morgan fingerprint density at radius 3 is 2.23 bits per heavy atom. The average Bonchev–Trinajstić information content (AvgIpc) is 2.87. The molecular weight excluding hydrogens is 446 g/mol. The number of benzene rings is 1. The molecule has 2 atom stereocenters. The fourth-order valence-corrected chi connectivity index (χ4v) is 5.28. The van der Waals surface area contributed by atoms with Crippen molar-refractivity contribution in [1.29, 1.82) is 0 Å². The molecule has 0 saturated heterocycles. The second-order valence-electron chi connectivity index (χ2n) is 9.15. The number of carbonyl (C=O) groups is 1. The summed E-state index contributed by atoms with van der Waals surface area (Å²) in [5.41, 5.74) is 0.884. The van der Waals surface area contributed by atoms with Gasteiger partial charge in [-0.05, 0) is 68.5 Å². The first-order valence-corrected chi connectivity index (χ1v) is 12.4. The molecule has 1 aliphatic rings. The fraction of sp³-hybridized carbons (Fsp3) is 0.607. The molecule has 1 aromatic rings. The fourth-order valence-electron chi connectivity index (χ4n) is 5.28. The van der Waals surface area contributed by atoms with E-state index < -0.39 is 0 Å². The number of hydrogen-bond donors (Lipinski definition) is 1. The van der Waals surface area contributed by atoms with Crippen molar-refractivity contribution in [2.24, 2.45) is 17.3 Å². The van der Waals surface area contributed by atoms with E-state index in [9.17, 15) is 4.79 Å². The minimum atomic E-state index is -0.343. The summed E-state index contributed by atoms with van der Waals surface area (Å²) in [5.74, 6) is 3.75. The van der Waals surface area contributed by atoms with E-state index in [1.54, 1.807) is 35.5 Å². The lowest BCUT2D eigenvalue weighted by Crippen LogP contribution is -2.42. The van der Waals surface area contributed by atoms with E-state index in [1.807, 2.05) is 18.2 Å². The summed E-state index contributed by atoms with van der Waals surface area (Å²) in [4.78, 5) is 11.6. The Morgan fingerprint density at radius 1 is 0.943 bits per heavy atom. The highest BCUT2D eigenvalue weighted by Crippen LogP contribution is 2.53. The molecule has 7 heteroatoms. The Balaban J connectivity index is 2.00. The van der Waals surface area contributed by atoms with E-state index in [2.05, 4.69) is 25.2 Å². The molecule has 0 fully saturated rings. The van der Waals surface area contributed by atoms with E-state index in [1.165, 1.54) is 5.56 Å². The predicted molar refractivity (Wildman–Crippen MR) is 138 cm³/mol. The van der Waals surface area contributed by atoms with Gasteiger partial charge < -0.3 is 33.8 Å². The van der Waals surface area contributed by atoms with Crippen LogP contribution in [0.15, 0.2) is 41.6 Å². The maximum absolute atomic E-state index is 11.6. The van der Waals surface area contributed by atoms with Gasteiger partial charge in [0.1, 0.15) is 12.0 Å². The Bertz CT molecular complexity index is 878. The molecule has 0 saturated carbocycles. The summed E-state index contributed by atoms with van der Waals surface area (Å²) in [6.45, 7) is 6.18. The zero-order valence-electron chi connectivity index (χ0n) is 22.4. The summed E-state index contributed by atoms with van der Waals surface area (Å²) in [7, 11) is 8.23. The third-order valence-corrected chi connectivity index (χ3v) is 7.09. The molecule has 0 bridgehead atoms. The standard InChI is InChI=1S/C28H43NO6/c1-20(2)28(22(13-17-30)19-25(33-5)26(34-6)27(28)35-7)14-9-16-29-15-8-10-21-11-12-23(31-3)24(18-21)32-4/h11-12,17-20,22,29H,8-10,13-16H2,1-7H3. The number of methoxy groups -OCH3 is 5. The first kappa shape index (κ1) is 28.6. The lowest BCUT2D eigenvalue weighted by Gasteiger charge is -2.46. The van der Waals surface area contributed by atoms with Crippen molar-refractivity contribution in [3.8, 4) is 11.5 Å². The molecule has 2 unspecified atom stereocenters. The number of carbonyl (C=O) groups excluding carboxylic acids is 1. The molecule has 196 valence electrons. The van der Waals surface area contributed by atoms with Crippen LogP contribution in [0.2, 0.25) is 0 Å². The number of aldehydes is 1. The van der Waals surface area contributed by atoms with Gasteiger partial charge in [-0.15, -0.1) is 0 Å². The number of aryl methyl sites for hydroxylation is 1. The SMILES string of the molecule is COC1=CC(CC=O)C(CCCNCCCc2ccc(OC)c(OC)c2)(C(C)C)C(OC)=C1OC. The first-order valence-electron chi connectivity index (χ1n) is 12.4. The molecule has 0 aliphatic heterocycles. The van der Waals surface area contributed by atoms with Crippen molar-refractivity contribution < 1.29 is 28.5 Å². The summed E-state index contributed by atoms with van der Waals surface area (Å²) in [6, 6.07) is 6.07. The third kappa shape index (κ3) is 6.51. The molecule has 35 heavy (non-hydrogen) atoms. The predicted octanol–water partition coefficient (Wildman–Crippen LogP) is 4.90. The molecule has 2 rings (SSSR count). The Kier molecular flexibility index (Phi) is 11.4. The summed E-state index contributed by atoms with van der Waals surface area (Å²) >= 11 is 0. The summed E-state index contributed by atoms with van der Waals surface area (Å²) < 4.78 is 27.9. The van der Waals surface area contributed by atoms with E-state index in [4.69, 9.17) is 23.7 Å². The van der Waals surface area contributed by atoms with E-state index in [-0.39, 0.29) is 17.3 Å². The molecule has 1 N–H and O–H groups in total. The van der Waals surface area contributed by atoms with Crippen LogP contribution in [0.5, 0.6) is 11.5 Å². The Morgan fingerprint density at radius 2 is 1.66 bits per heavy atom. The Hall–Kier alpha value is -2.67. The summed E-state index contributed by atoms with van der Waals surface area (Å²) in [5, 5.41) is 3.57. The zero-order chi connectivity index (χ0) is 25.8. The van der Waals surface area contributed by atoms with Gasteiger partial charge in [0.2, 0.25) is 0 Å². The second kappa shape index (κ2) is 14.0. The molecule has 1 aliphatic carbocycles. The van der Waals surface area contributed by atoms with Crippen molar-refractivity contribution in [1.82, 2.24) is 5.32 Å². The Labute approximate surface area is 210 Å². The first-order chi connectivity index (χ1) is 16.9. The van der Waals surface area contributed by atoms with Crippen LogP contribution >= 0.6 is 0 Å². The molecule has 0 radical (unpaired) electrons. The van der Waals surface area contributed by atoms with Crippen LogP contribution in [-0.4, -0.2) is 54.9 Å². The van der Waals surface area contributed by atoms with Gasteiger partial charge in [0.15, 0.2) is 23.0 Å². The van der Waals surface area contributed by atoms with Gasteiger partial charge in [-0.1, -0.05) is 19.9 Å². The maximum atomic E-state index is 11.6. The van der Waals surface area contributed by atoms with E-state index >= 15 is 0 Å². The van der Waals surface area contributed by atoms with Crippen molar-refractivity contribution in [2.45, 2.75) is 46.0 Å². The minimum absolute atomic E-state index is 0.0196. The van der Waals surface area contributed by atoms with Gasteiger partial charge in [-0.3, -0.25) is 0 Å². The molecule has 0 aromatic heterocycles. The number of hydrogen-bond acceptors (Lipinski definition) is 7. The number of rotatable bonds is 16. The molecule has 0 spiro atoms.